The standard InChI is InChI=1S/C22H23F3N2O3S/c23-22(24,25)17-4-6-18(7-5-17)30-11-9-16-3-8-20-19(13-16)21(14-26-20)27-31(28,29)12-10-15-1-2-15/h3-8,13-15,26-27H,1-2,9-12H2. The van der Waals surface area contributed by atoms with Crippen molar-refractivity contribution in [3.63, 3.8) is 0 Å². The summed E-state index contributed by atoms with van der Waals surface area (Å²) in [6.45, 7) is 0.281. The van der Waals surface area contributed by atoms with Gasteiger partial charge in [-0.1, -0.05) is 18.9 Å². The Balaban J connectivity index is 1.37. The quantitative estimate of drug-likeness (QED) is 0.460. The van der Waals surface area contributed by atoms with Crippen LogP contribution in [0.3, 0.4) is 0 Å². The third kappa shape index (κ3) is 5.72. The van der Waals surface area contributed by atoms with Gasteiger partial charge < -0.3 is 9.72 Å². The molecular formula is C22H23F3N2O3S. The first kappa shape index (κ1) is 21.5. The Morgan fingerprint density at radius 1 is 1.10 bits per heavy atom. The summed E-state index contributed by atoms with van der Waals surface area (Å²) in [5.41, 5.74) is 1.53. The largest absolute Gasteiger partial charge is 0.493 e. The number of nitrogens with one attached hydrogen (secondary N) is 2. The first-order chi connectivity index (χ1) is 14.7. The summed E-state index contributed by atoms with van der Waals surface area (Å²) in [6, 6.07) is 10.2. The molecule has 0 aliphatic heterocycles. The zero-order valence-electron chi connectivity index (χ0n) is 16.7. The maximum absolute atomic E-state index is 12.6. The molecule has 2 aromatic carbocycles. The van der Waals surface area contributed by atoms with Gasteiger partial charge in [-0.15, -0.1) is 0 Å². The third-order valence-corrected chi connectivity index (χ3v) is 6.65. The minimum absolute atomic E-state index is 0.116. The fourth-order valence-electron chi connectivity index (χ4n) is 3.38. The Morgan fingerprint density at radius 2 is 1.84 bits per heavy atom. The summed E-state index contributed by atoms with van der Waals surface area (Å²) in [5, 5.41) is 0.766. The molecule has 0 atom stereocenters. The molecule has 0 amide bonds. The second-order valence-corrected chi connectivity index (χ2v) is 9.70. The SMILES string of the molecule is O=S(=O)(CCC1CC1)Nc1c[nH]c2ccc(CCOc3ccc(C(F)(F)F)cc3)cc12. The van der Waals surface area contributed by atoms with Crippen LogP contribution >= 0.6 is 0 Å². The fourth-order valence-corrected chi connectivity index (χ4v) is 4.63. The number of halogens is 3. The van der Waals surface area contributed by atoms with E-state index in [4.69, 9.17) is 4.74 Å². The highest BCUT2D eigenvalue weighted by molar-refractivity contribution is 7.92. The second kappa shape index (κ2) is 8.45. The lowest BCUT2D eigenvalue weighted by atomic mass is 10.1. The summed E-state index contributed by atoms with van der Waals surface area (Å²) in [4.78, 5) is 3.06. The van der Waals surface area contributed by atoms with Crippen LogP contribution in [0.2, 0.25) is 0 Å². The summed E-state index contributed by atoms with van der Waals surface area (Å²) in [5.74, 6) is 1.01. The molecule has 9 heteroatoms. The number of H-pyrrole nitrogens is 1. The molecule has 1 fully saturated rings. The predicted octanol–water partition coefficient (Wildman–Crippen LogP) is 5.35. The Morgan fingerprint density at radius 3 is 2.52 bits per heavy atom. The van der Waals surface area contributed by atoms with Gasteiger partial charge in [-0.25, -0.2) is 8.42 Å². The van der Waals surface area contributed by atoms with Crippen molar-refractivity contribution in [2.24, 2.45) is 5.92 Å². The highest BCUT2D eigenvalue weighted by atomic mass is 32.2. The molecule has 1 aliphatic rings. The lowest BCUT2D eigenvalue weighted by Crippen LogP contribution is -2.16. The van der Waals surface area contributed by atoms with Crippen LogP contribution in [-0.2, 0) is 22.6 Å². The van der Waals surface area contributed by atoms with E-state index in [0.717, 1.165) is 41.4 Å². The molecule has 0 saturated heterocycles. The van der Waals surface area contributed by atoms with Gasteiger partial charge in [0.1, 0.15) is 5.75 Å². The lowest BCUT2D eigenvalue weighted by Gasteiger charge is -2.10. The average molecular weight is 452 g/mol. The van der Waals surface area contributed by atoms with Crippen molar-refractivity contribution in [3.05, 3.63) is 59.8 Å². The van der Waals surface area contributed by atoms with Gasteiger partial charge in [-0.05, 0) is 54.3 Å². The van der Waals surface area contributed by atoms with Crippen LogP contribution in [0.5, 0.6) is 5.75 Å². The first-order valence-corrected chi connectivity index (χ1v) is 11.8. The second-order valence-electron chi connectivity index (χ2n) is 7.86. The average Bonchev–Trinajstić information content (AvgIpc) is 3.48. The maximum Gasteiger partial charge on any atom is 0.416 e. The topological polar surface area (TPSA) is 71.2 Å². The van der Waals surface area contributed by atoms with E-state index in [-0.39, 0.29) is 12.4 Å². The number of sulfonamides is 1. The molecule has 1 aliphatic carbocycles. The number of aromatic amines is 1. The van der Waals surface area contributed by atoms with Crippen LogP contribution in [0.15, 0.2) is 48.7 Å². The van der Waals surface area contributed by atoms with Crippen molar-refractivity contribution in [1.82, 2.24) is 4.98 Å². The Labute approximate surface area is 178 Å². The van der Waals surface area contributed by atoms with E-state index in [9.17, 15) is 21.6 Å². The van der Waals surface area contributed by atoms with E-state index >= 15 is 0 Å². The summed E-state index contributed by atoms with van der Waals surface area (Å²) in [7, 11) is -3.41. The molecule has 3 aromatic rings. The number of anilines is 1. The van der Waals surface area contributed by atoms with E-state index < -0.39 is 21.8 Å². The van der Waals surface area contributed by atoms with Crippen molar-refractivity contribution in [3.8, 4) is 5.75 Å². The maximum atomic E-state index is 12.6. The van der Waals surface area contributed by atoms with Crippen molar-refractivity contribution < 1.29 is 26.3 Å². The first-order valence-electron chi connectivity index (χ1n) is 10.1. The van der Waals surface area contributed by atoms with Crippen LogP contribution in [0.25, 0.3) is 10.9 Å². The van der Waals surface area contributed by atoms with Crippen molar-refractivity contribution in [2.75, 3.05) is 17.1 Å². The number of rotatable bonds is 9. The van der Waals surface area contributed by atoms with Gasteiger partial charge in [-0.3, -0.25) is 4.72 Å². The van der Waals surface area contributed by atoms with E-state index in [1.54, 1.807) is 6.20 Å². The number of fused-ring (bicyclic) bond motifs is 1. The lowest BCUT2D eigenvalue weighted by molar-refractivity contribution is -0.137. The molecule has 1 aromatic heterocycles. The zero-order chi connectivity index (χ0) is 22.1. The van der Waals surface area contributed by atoms with Crippen molar-refractivity contribution in [1.29, 1.82) is 0 Å². The molecule has 0 bridgehead atoms. The normalized spacial score (nSPS) is 14.7. The molecule has 0 radical (unpaired) electrons. The van der Waals surface area contributed by atoms with Gasteiger partial charge in [0, 0.05) is 23.5 Å². The molecule has 1 saturated carbocycles. The highest BCUT2D eigenvalue weighted by Gasteiger charge is 2.30. The number of alkyl halides is 3. The zero-order valence-corrected chi connectivity index (χ0v) is 17.5. The molecule has 2 N–H and O–H groups in total. The molecule has 166 valence electrons. The molecule has 5 nitrogen and oxygen atoms in total. The van der Waals surface area contributed by atoms with Gasteiger partial charge in [0.15, 0.2) is 0 Å². The Bertz CT molecular complexity index is 1150. The van der Waals surface area contributed by atoms with Gasteiger partial charge >= 0.3 is 6.18 Å². The smallest absolute Gasteiger partial charge is 0.416 e. The van der Waals surface area contributed by atoms with Crippen molar-refractivity contribution >= 4 is 26.6 Å². The van der Waals surface area contributed by atoms with E-state index in [0.29, 0.717) is 30.2 Å². The Hall–Kier alpha value is -2.68. The van der Waals surface area contributed by atoms with Gasteiger partial charge in [-0.2, -0.15) is 13.2 Å². The number of hydrogen-bond donors (Lipinski definition) is 2. The minimum Gasteiger partial charge on any atom is -0.493 e. The number of hydrogen-bond acceptors (Lipinski definition) is 3. The molecule has 31 heavy (non-hydrogen) atoms. The Kier molecular flexibility index (Phi) is 5.88. The van der Waals surface area contributed by atoms with Crippen molar-refractivity contribution in [2.45, 2.75) is 31.9 Å². The van der Waals surface area contributed by atoms with Gasteiger partial charge in [0.25, 0.3) is 0 Å². The number of aromatic nitrogens is 1. The molecule has 4 rings (SSSR count). The monoisotopic (exact) mass is 452 g/mol. The number of benzene rings is 2. The predicted molar refractivity (Wildman–Crippen MR) is 114 cm³/mol. The molecule has 1 heterocycles. The van der Waals surface area contributed by atoms with E-state index in [2.05, 4.69) is 9.71 Å². The fraction of sp³-hybridized carbons (Fsp3) is 0.364. The molecule has 0 spiro atoms. The molecular weight excluding hydrogens is 429 g/mol. The van der Waals surface area contributed by atoms with Crippen LogP contribution in [0, 0.1) is 5.92 Å². The van der Waals surface area contributed by atoms with Crippen LogP contribution in [0.1, 0.15) is 30.4 Å². The summed E-state index contributed by atoms with van der Waals surface area (Å²) >= 11 is 0. The summed E-state index contributed by atoms with van der Waals surface area (Å²) < 4.78 is 70.8. The molecule has 0 unspecified atom stereocenters. The van der Waals surface area contributed by atoms with Crippen LogP contribution in [-0.4, -0.2) is 25.8 Å². The third-order valence-electron chi connectivity index (χ3n) is 5.34. The number of ether oxygens (including phenoxy) is 1. The minimum atomic E-state index is -4.37. The van der Waals surface area contributed by atoms with Crippen LogP contribution < -0.4 is 9.46 Å². The van der Waals surface area contributed by atoms with Gasteiger partial charge in [0.2, 0.25) is 10.0 Å². The van der Waals surface area contributed by atoms with Gasteiger partial charge in [0.05, 0.1) is 23.6 Å². The van der Waals surface area contributed by atoms with Crippen LogP contribution in [0.4, 0.5) is 18.9 Å². The highest BCUT2D eigenvalue weighted by Crippen LogP contribution is 2.33. The van der Waals surface area contributed by atoms with E-state index in [1.165, 1.54) is 12.1 Å². The van der Waals surface area contributed by atoms with E-state index in [1.807, 2.05) is 18.2 Å². The summed E-state index contributed by atoms with van der Waals surface area (Å²) in [6.07, 6.45) is 0.699.